The van der Waals surface area contributed by atoms with Crippen LogP contribution in [0.4, 0.5) is 0 Å². The van der Waals surface area contributed by atoms with Gasteiger partial charge in [-0.15, -0.1) is 0 Å². The Hall–Kier alpha value is -3.02. The first-order chi connectivity index (χ1) is 14.5. The number of benzene rings is 2. The van der Waals surface area contributed by atoms with Gasteiger partial charge in [-0.05, 0) is 60.6 Å². The Morgan fingerprint density at radius 1 is 0.933 bits per heavy atom. The summed E-state index contributed by atoms with van der Waals surface area (Å²) in [5, 5.41) is 3.06. The van der Waals surface area contributed by atoms with Crippen LogP contribution in [0.15, 0.2) is 42.5 Å². The molecule has 1 fully saturated rings. The highest BCUT2D eigenvalue weighted by Crippen LogP contribution is 2.36. The van der Waals surface area contributed by atoms with E-state index in [2.05, 4.69) is 5.32 Å². The van der Waals surface area contributed by atoms with Gasteiger partial charge in [0.2, 0.25) is 5.91 Å². The highest BCUT2D eigenvalue weighted by molar-refractivity contribution is 5.89. The molecule has 0 heterocycles. The topological polar surface area (TPSA) is 73.9 Å². The van der Waals surface area contributed by atoms with Gasteiger partial charge in [0.05, 0.1) is 26.9 Å². The third kappa shape index (κ3) is 5.32. The van der Waals surface area contributed by atoms with E-state index in [0.29, 0.717) is 18.0 Å². The Labute approximate surface area is 177 Å². The number of nitrogens with one attached hydrogen (secondary N) is 1. The SMILES string of the molecule is COC(=O)c1ccc(CNC(=O)C2CCCC2Cc2cc(OC)cc(OC)c2)cc1. The van der Waals surface area contributed by atoms with Gasteiger partial charge in [-0.2, -0.15) is 0 Å². The van der Waals surface area contributed by atoms with Crippen LogP contribution in [-0.2, 0) is 22.5 Å². The summed E-state index contributed by atoms with van der Waals surface area (Å²) in [6, 6.07) is 13.0. The monoisotopic (exact) mass is 411 g/mol. The molecule has 0 spiro atoms. The standard InChI is InChI=1S/C24H29NO5/c1-28-20-12-17(13-21(14-20)29-2)11-19-5-4-6-22(19)23(26)25-15-16-7-9-18(10-8-16)24(27)30-3/h7-10,12-14,19,22H,4-6,11,15H2,1-3H3,(H,25,26). The molecule has 2 unspecified atom stereocenters. The maximum absolute atomic E-state index is 12.9. The third-order valence-corrected chi connectivity index (χ3v) is 5.75. The Balaban J connectivity index is 1.60. The number of carbonyl (C=O) groups is 2. The molecular formula is C24H29NO5. The third-order valence-electron chi connectivity index (χ3n) is 5.75. The highest BCUT2D eigenvalue weighted by atomic mass is 16.5. The first-order valence-electron chi connectivity index (χ1n) is 10.2. The van der Waals surface area contributed by atoms with Crippen LogP contribution >= 0.6 is 0 Å². The Morgan fingerprint density at radius 2 is 1.60 bits per heavy atom. The van der Waals surface area contributed by atoms with Crippen molar-refractivity contribution in [2.75, 3.05) is 21.3 Å². The first-order valence-corrected chi connectivity index (χ1v) is 10.2. The Morgan fingerprint density at radius 3 is 2.20 bits per heavy atom. The van der Waals surface area contributed by atoms with E-state index in [-0.39, 0.29) is 17.8 Å². The molecule has 30 heavy (non-hydrogen) atoms. The van der Waals surface area contributed by atoms with Crippen molar-refractivity contribution in [3.8, 4) is 11.5 Å². The largest absolute Gasteiger partial charge is 0.497 e. The average Bonchev–Trinajstić information content (AvgIpc) is 3.25. The fraction of sp³-hybridized carbons (Fsp3) is 0.417. The van der Waals surface area contributed by atoms with E-state index in [1.807, 2.05) is 30.3 Å². The van der Waals surface area contributed by atoms with E-state index in [1.165, 1.54) is 7.11 Å². The lowest BCUT2D eigenvalue weighted by Gasteiger charge is -2.20. The molecule has 0 bridgehead atoms. The van der Waals surface area contributed by atoms with E-state index in [0.717, 1.165) is 48.3 Å². The van der Waals surface area contributed by atoms with Gasteiger partial charge in [-0.3, -0.25) is 4.79 Å². The molecule has 1 amide bonds. The van der Waals surface area contributed by atoms with Gasteiger partial charge in [-0.1, -0.05) is 18.6 Å². The van der Waals surface area contributed by atoms with Crippen molar-refractivity contribution < 1.29 is 23.8 Å². The van der Waals surface area contributed by atoms with Crippen molar-refractivity contribution in [1.29, 1.82) is 0 Å². The maximum Gasteiger partial charge on any atom is 0.337 e. The molecule has 0 radical (unpaired) electrons. The van der Waals surface area contributed by atoms with Gasteiger partial charge in [0.1, 0.15) is 11.5 Å². The second-order valence-corrected chi connectivity index (χ2v) is 7.63. The van der Waals surface area contributed by atoms with Crippen LogP contribution < -0.4 is 14.8 Å². The van der Waals surface area contributed by atoms with E-state index >= 15 is 0 Å². The predicted octanol–water partition coefficient (Wildman–Crippen LogP) is 3.77. The van der Waals surface area contributed by atoms with Crippen LogP contribution in [0.5, 0.6) is 11.5 Å². The Bertz CT molecular complexity index is 855. The quantitative estimate of drug-likeness (QED) is 0.670. The highest BCUT2D eigenvalue weighted by Gasteiger charge is 2.33. The van der Waals surface area contributed by atoms with Crippen molar-refractivity contribution in [2.24, 2.45) is 11.8 Å². The fourth-order valence-corrected chi connectivity index (χ4v) is 4.11. The summed E-state index contributed by atoms with van der Waals surface area (Å²) in [7, 11) is 4.64. The molecule has 3 rings (SSSR count). The number of rotatable bonds is 8. The number of ether oxygens (including phenoxy) is 3. The minimum Gasteiger partial charge on any atom is -0.497 e. The summed E-state index contributed by atoms with van der Waals surface area (Å²) >= 11 is 0. The molecule has 0 saturated heterocycles. The molecule has 2 aromatic carbocycles. The molecule has 2 atom stereocenters. The van der Waals surface area contributed by atoms with Crippen molar-refractivity contribution in [2.45, 2.75) is 32.2 Å². The molecule has 1 N–H and O–H groups in total. The Kier molecular flexibility index (Phi) is 7.33. The van der Waals surface area contributed by atoms with Gasteiger partial charge >= 0.3 is 5.97 Å². The van der Waals surface area contributed by atoms with Crippen molar-refractivity contribution >= 4 is 11.9 Å². The molecule has 6 heteroatoms. The van der Waals surface area contributed by atoms with Gasteiger partial charge in [0, 0.05) is 18.5 Å². The minimum absolute atomic E-state index is 0.00321. The fourth-order valence-electron chi connectivity index (χ4n) is 4.11. The number of hydrogen-bond acceptors (Lipinski definition) is 5. The lowest BCUT2D eigenvalue weighted by Crippen LogP contribution is -2.33. The van der Waals surface area contributed by atoms with Crippen LogP contribution in [0.3, 0.4) is 0 Å². The van der Waals surface area contributed by atoms with Gasteiger partial charge < -0.3 is 19.5 Å². The molecule has 0 aromatic heterocycles. The van der Waals surface area contributed by atoms with Gasteiger partial charge in [0.25, 0.3) is 0 Å². The number of amides is 1. The van der Waals surface area contributed by atoms with E-state index < -0.39 is 0 Å². The molecule has 1 aliphatic rings. The van der Waals surface area contributed by atoms with Gasteiger partial charge in [0.15, 0.2) is 0 Å². The average molecular weight is 411 g/mol. The molecule has 160 valence electrons. The van der Waals surface area contributed by atoms with E-state index in [1.54, 1.807) is 26.4 Å². The summed E-state index contributed by atoms with van der Waals surface area (Å²) < 4.78 is 15.4. The second-order valence-electron chi connectivity index (χ2n) is 7.63. The van der Waals surface area contributed by atoms with Crippen molar-refractivity contribution in [3.05, 3.63) is 59.2 Å². The number of carbonyl (C=O) groups excluding carboxylic acids is 2. The molecule has 0 aliphatic heterocycles. The van der Waals surface area contributed by atoms with Crippen LogP contribution in [-0.4, -0.2) is 33.2 Å². The van der Waals surface area contributed by atoms with Crippen LogP contribution in [0, 0.1) is 11.8 Å². The second kappa shape index (κ2) is 10.1. The molecule has 1 aliphatic carbocycles. The molecular weight excluding hydrogens is 382 g/mol. The lowest BCUT2D eigenvalue weighted by molar-refractivity contribution is -0.126. The van der Waals surface area contributed by atoms with E-state index in [4.69, 9.17) is 14.2 Å². The number of hydrogen-bond donors (Lipinski definition) is 1. The number of esters is 1. The predicted molar refractivity (Wildman–Crippen MR) is 114 cm³/mol. The zero-order valence-electron chi connectivity index (χ0n) is 17.8. The lowest BCUT2D eigenvalue weighted by atomic mass is 9.89. The zero-order valence-corrected chi connectivity index (χ0v) is 17.8. The molecule has 6 nitrogen and oxygen atoms in total. The molecule has 1 saturated carbocycles. The molecule has 2 aromatic rings. The summed E-state index contributed by atoms with van der Waals surface area (Å²) in [4.78, 5) is 24.4. The van der Waals surface area contributed by atoms with Gasteiger partial charge in [-0.25, -0.2) is 4.79 Å². The smallest absolute Gasteiger partial charge is 0.337 e. The van der Waals surface area contributed by atoms with Crippen molar-refractivity contribution in [3.63, 3.8) is 0 Å². The summed E-state index contributed by atoms with van der Waals surface area (Å²) in [5.41, 5.74) is 2.56. The van der Waals surface area contributed by atoms with Crippen LogP contribution in [0.2, 0.25) is 0 Å². The normalized spacial score (nSPS) is 18.0. The van der Waals surface area contributed by atoms with Crippen LogP contribution in [0.25, 0.3) is 0 Å². The zero-order chi connectivity index (χ0) is 21.5. The van der Waals surface area contributed by atoms with Crippen LogP contribution in [0.1, 0.15) is 40.7 Å². The maximum atomic E-state index is 12.9. The summed E-state index contributed by atoms with van der Waals surface area (Å²) in [5.74, 6) is 1.54. The number of methoxy groups -OCH3 is 3. The van der Waals surface area contributed by atoms with Crippen molar-refractivity contribution in [1.82, 2.24) is 5.32 Å². The summed E-state index contributed by atoms with van der Waals surface area (Å²) in [6.45, 7) is 0.441. The first kappa shape index (κ1) is 21.7. The van der Waals surface area contributed by atoms with E-state index in [9.17, 15) is 9.59 Å². The minimum atomic E-state index is -0.367. The summed E-state index contributed by atoms with van der Waals surface area (Å²) in [6.07, 6.45) is 3.81.